The molecule has 5 nitrogen and oxygen atoms in total. The molecule has 0 spiro atoms. The normalized spacial score (nSPS) is 17.3. The fourth-order valence-corrected chi connectivity index (χ4v) is 4.47. The van der Waals surface area contributed by atoms with Crippen LogP contribution in [0.15, 0.2) is 15.7 Å². The number of hydrogen-bond donors (Lipinski definition) is 2. The summed E-state index contributed by atoms with van der Waals surface area (Å²) in [5.74, 6) is -1.11. The lowest BCUT2D eigenvalue weighted by atomic mass is 10.0. The molecule has 0 atom stereocenters. The van der Waals surface area contributed by atoms with Gasteiger partial charge in [-0.15, -0.1) is 11.3 Å². The molecule has 7 heteroatoms. The minimum Gasteiger partial charge on any atom is -0.478 e. The number of carboxylic acids is 1. The number of thiophene rings is 1. The largest absolute Gasteiger partial charge is 0.478 e. The summed E-state index contributed by atoms with van der Waals surface area (Å²) in [7, 11) is -3.58. The minimum absolute atomic E-state index is 0.0140. The SMILES string of the molecule is CCCC1(CNS(=O)(=O)c2cc(C(=O)O)cs2)CC1. The molecule has 1 aromatic rings. The Morgan fingerprint density at radius 1 is 1.53 bits per heavy atom. The Morgan fingerprint density at radius 3 is 2.68 bits per heavy atom. The molecule has 2 rings (SSSR count). The zero-order chi connectivity index (χ0) is 14.1. The van der Waals surface area contributed by atoms with Gasteiger partial charge >= 0.3 is 5.97 Å². The van der Waals surface area contributed by atoms with Crippen LogP contribution in [0.1, 0.15) is 43.0 Å². The fourth-order valence-electron chi connectivity index (χ4n) is 2.11. The molecule has 106 valence electrons. The summed E-state index contributed by atoms with van der Waals surface area (Å²) in [5.41, 5.74) is 0.148. The van der Waals surface area contributed by atoms with E-state index in [4.69, 9.17) is 5.11 Å². The van der Waals surface area contributed by atoms with Crippen LogP contribution in [0, 0.1) is 5.41 Å². The number of rotatable bonds is 7. The first-order valence-corrected chi connectivity index (χ1v) is 8.56. The van der Waals surface area contributed by atoms with Crippen molar-refractivity contribution in [1.29, 1.82) is 0 Å². The average Bonchev–Trinajstić information content (AvgIpc) is 2.92. The molecule has 19 heavy (non-hydrogen) atoms. The lowest BCUT2D eigenvalue weighted by Gasteiger charge is -2.14. The number of nitrogens with one attached hydrogen (secondary N) is 1. The molecule has 1 aromatic heterocycles. The molecular formula is C12H17NO4S2. The van der Waals surface area contributed by atoms with Gasteiger partial charge in [-0.1, -0.05) is 13.3 Å². The number of carbonyl (C=O) groups is 1. The highest BCUT2D eigenvalue weighted by molar-refractivity contribution is 7.91. The van der Waals surface area contributed by atoms with Crippen LogP contribution in [-0.4, -0.2) is 26.0 Å². The van der Waals surface area contributed by atoms with Crippen LogP contribution in [0.3, 0.4) is 0 Å². The van der Waals surface area contributed by atoms with Crippen LogP contribution in [0.4, 0.5) is 0 Å². The highest BCUT2D eigenvalue weighted by Crippen LogP contribution is 2.49. The molecule has 1 aliphatic carbocycles. The molecule has 2 N–H and O–H groups in total. The van der Waals surface area contributed by atoms with E-state index < -0.39 is 16.0 Å². The van der Waals surface area contributed by atoms with Crippen molar-refractivity contribution >= 4 is 27.3 Å². The second-order valence-electron chi connectivity index (χ2n) is 5.03. The Balaban J connectivity index is 2.03. The molecule has 0 amide bonds. The highest BCUT2D eigenvalue weighted by Gasteiger charge is 2.42. The second-order valence-corrected chi connectivity index (χ2v) is 7.94. The van der Waals surface area contributed by atoms with Crippen LogP contribution >= 0.6 is 11.3 Å². The van der Waals surface area contributed by atoms with Gasteiger partial charge in [-0.05, 0) is 30.7 Å². The maximum atomic E-state index is 12.1. The Kier molecular flexibility index (Phi) is 3.98. The van der Waals surface area contributed by atoms with Crippen LogP contribution in [0.2, 0.25) is 0 Å². The van der Waals surface area contributed by atoms with Gasteiger partial charge in [0.25, 0.3) is 0 Å². The summed E-state index contributed by atoms with van der Waals surface area (Å²) in [5, 5.41) is 10.1. The molecule has 0 saturated heterocycles. The Labute approximate surface area is 116 Å². The van der Waals surface area contributed by atoms with Crippen molar-refractivity contribution < 1.29 is 18.3 Å². The second kappa shape index (κ2) is 5.22. The molecular weight excluding hydrogens is 286 g/mol. The van der Waals surface area contributed by atoms with Crippen LogP contribution in [0.25, 0.3) is 0 Å². The summed E-state index contributed by atoms with van der Waals surface area (Å²) < 4.78 is 26.8. The van der Waals surface area contributed by atoms with Crippen molar-refractivity contribution in [3.8, 4) is 0 Å². The van der Waals surface area contributed by atoms with Crippen LogP contribution < -0.4 is 4.72 Å². The van der Waals surface area contributed by atoms with Gasteiger partial charge in [-0.3, -0.25) is 0 Å². The summed E-state index contributed by atoms with van der Waals surface area (Å²) in [6, 6.07) is 1.20. The van der Waals surface area contributed by atoms with Crippen molar-refractivity contribution in [3.05, 3.63) is 17.0 Å². The summed E-state index contributed by atoms with van der Waals surface area (Å²) in [4.78, 5) is 10.7. The fraction of sp³-hybridized carbons (Fsp3) is 0.583. The Morgan fingerprint density at radius 2 is 2.21 bits per heavy atom. The van der Waals surface area contributed by atoms with E-state index in [2.05, 4.69) is 11.6 Å². The van der Waals surface area contributed by atoms with Crippen LogP contribution in [-0.2, 0) is 10.0 Å². The molecule has 0 bridgehead atoms. The molecule has 0 aliphatic heterocycles. The van der Waals surface area contributed by atoms with Crippen molar-refractivity contribution in [2.75, 3.05) is 6.54 Å². The quantitative estimate of drug-likeness (QED) is 0.809. The van der Waals surface area contributed by atoms with Gasteiger partial charge < -0.3 is 5.11 Å². The highest BCUT2D eigenvalue weighted by atomic mass is 32.2. The average molecular weight is 303 g/mol. The first-order chi connectivity index (χ1) is 8.88. The van der Waals surface area contributed by atoms with E-state index in [1.165, 1.54) is 11.4 Å². The van der Waals surface area contributed by atoms with E-state index >= 15 is 0 Å². The van der Waals surface area contributed by atoms with Crippen molar-refractivity contribution in [2.24, 2.45) is 5.41 Å². The number of carboxylic acid groups (broad SMARTS) is 1. The first-order valence-electron chi connectivity index (χ1n) is 6.20. The van der Waals surface area contributed by atoms with Gasteiger partial charge in [0.1, 0.15) is 4.21 Å². The van der Waals surface area contributed by atoms with Gasteiger partial charge in [0.15, 0.2) is 0 Å². The zero-order valence-electron chi connectivity index (χ0n) is 10.7. The van der Waals surface area contributed by atoms with E-state index in [0.29, 0.717) is 6.54 Å². The molecule has 0 aromatic carbocycles. The van der Waals surface area contributed by atoms with Crippen molar-refractivity contribution in [1.82, 2.24) is 4.72 Å². The van der Waals surface area contributed by atoms with E-state index in [0.717, 1.165) is 37.0 Å². The van der Waals surface area contributed by atoms with E-state index in [1.807, 2.05) is 0 Å². The topological polar surface area (TPSA) is 83.5 Å². The van der Waals surface area contributed by atoms with Crippen LogP contribution in [0.5, 0.6) is 0 Å². The maximum absolute atomic E-state index is 12.1. The summed E-state index contributed by atoms with van der Waals surface area (Å²) in [6.45, 7) is 2.54. The Bertz CT molecular complexity index is 572. The Hall–Kier alpha value is -0.920. The van der Waals surface area contributed by atoms with Gasteiger partial charge in [-0.2, -0.15) is 0 Å². The van der Waals surface area contributed by atoms with Crippen molar-refractivity contribution in [2.45, 2.75) is 36.8 Å². The minimum atomic E-state index is -3.58. The van der Waals surface area contributed by atoms with E-state index in [9.17, 15) is 13.2 Å². The number of hydrogen-bond acceptors (Lipinski definition) is 4. The standard InChI is InChI=1S/C12H17NO4S2/c1-2-3-12(4-5-12)8-13-19(16,17)10-6-9(7-18-10)11(14)15/h6-7,13H,2-5,8H2,1H3,(H,14,15). The third-order valence-electron chi connectivity index (χ3n) is 3.46. The molecule has 1 aliphatic rings. The zero-order valence-corrected chi connectivity index (χ0v) is 12.3. The molecule has 1 heterocycles. The molecule has 1 saturated carbocycles. The maximum Gasteiger partial charge on any atom is 0.336 e. The molecule has 0 unspecified atom stereocenters. The van der Waals surface area contributed by atoms with Gasteiger partial charge in [0.2, 0.25) is 10.0 Å². The summed E-state index contributed by atoms with van der Waals surface area (Å²) >= 11 is 0.938. The third-order valence-corrected chi connectivity index (χ3v) is 6.30. The number of aromatic carboxylic acids is 1. The molecule has 0 radical (unpaired) electrons. The number of sulfonamides is 1. The van der Waals surface area contributed by atoms with Gasteiger partial charge in [0.05, 0.1) is 5.56 Å². The monoisotopic (exact) mass is 303 g/mol. The van der Waals surface area contributed by atoms with Gasteiger partial charge in [0, 0.05) is 11.9 Å². The smallest absolute Gasteiger partial charge is 0.336 e. The van der Waals surface area contributed by atoms with Gasteiger partial charge in [-0.25, -0.2) is 17.9 Å². The third kappa shape index (κ3) is 3.34. The van der Waals surface area contributed by atoms with E-state index in [-0.39, 0.29) is 15.2 Å². The molecule has 1 fully saturated rings. The summed E-state index contributed by atoms with van der Waals surface area (Å²) in [6.07, 6.45) is 4.20. The predicted molar refractivity (Wildman–Crippen MR) is 73.0 cm³/mol. The predicted octanol–water partition coefficient (Wildman–Crippen LogP) is 2.30. The van der Waals surface area contributed by atoms with Crippen molar-refractivity contribution in [3.63, 3.8) is 0 Å². The lowest BCUT2D eigenvalue weighted by Crippen LogP contribution is -2.29. The lowest BCUT2D eigenvalue weighted by molar-refractivity contribution is 0.0697. The van der Waals surface area contributed by atoms with E-state index in [1.54, 1.807) is 0 Å². The first kappa shape index (κ1) is 14.5.